The van der Waals surface area contributed by atoms with Gasteiger partial charge in [0.1, 0.15) is 6.33 Å². The summed E-state index contributed by atoms with van der Waals surface area (Å²) in [5, 5.41) is 14.0. The number of imide groups is 1. The highest BCUT2D eigenvalue weighted by Gasteiger charge is 2.29. The van der Waals surface area contributed by atoms with Crippen molar-refractivity contribution in [1.82, 2.24) is 25.4 Å². The summed E-state index contributed by atoms with van der Waals surface area (Å²) in [6, 6.07) is 0.228. The Morgan fingerprint density at radius 3 is 2.83 bits per heavy atom. The average molecular weight is 351 g/mol. The third kappa shape index (κ3) is 4.28. The van der Waals surface area contributed by atoms with E-state index in [-0.39, 0.29) is 17.7 Å². The van der Waals surface area contributed by atoms with Crippen LogP contribution in [0.1, 0.15) is 52.0 Å². The number of urea groups is 1. The van der Waals surface area contributed by atoms with E-state index in [4.69, 9.17) is 0 Å². The van der Waals surface area contributed by atoms with Crippen molar-refractivity contribution in [2.24, 2.45) is 11.8 Å². The Morgan fingerprint density at radius 2 is 2.08 bits per heavy atom. The molecule has 2 aliphatic rings. The molecule has 1 aromatic rings. The molecule has 132 valence electrons. The Hall–Kier alpha value is -1.57. The molecule has 3 atom stereocenters. The summed E-state index contributed by atoms with van der Waals surface area (Å²) >= 11 is 1.32. The molecule has 7 nitrogen and oxygen atoms in total. The number of carbonyl (C=O) groups excluding carboxylic acids is 2. The molecule has 3 rings (SSSR count). The maximum Gasteiger partial charge on any atom is 0.321 e. The van der Waals surface area contributed by atoms with Gasteiger partial charge < -0.3 is 9.88 Å². The molecule has 2 fully saturated rings. The molecule has 0 aromatic carbocycles. The summed E-state index contributed by atoms with van der Waals surface area (Å²) in [4.78, 5) is 24.0. The van der Waals surface area contributed by atoms with E-state index in [1.807, 2.05) is 4.57 Å². The van der Waals surface area contributed by atoms with Gasteiger partial charge >= 0.3 is 6.03 Å². The molecule has 0 aliphatic heterocycles. The largest absolute Gasteiger partial charge is 0.335 e. The Labute approximate surface area is 146 Å². The fourth-order valence-corrected chi connectivity index (χ4v) is 4.00. The van der Waals surface area contributed by atoms with Crippen LogP contribution in [0.3, 0.4) is 0 Å². The fourth-order valence-electron chi connectivity index (χ4n) is 3.22. The van der Waals surface area contributed by atoms with Crippen LogP contribution in [0.15, 0.2) is 11.5 Å². The van der Waals surface area contributed by atoms with Crippen molar-refractivity contribution in [3.8, 4) is 0 Å². The fraction of sp³-hybridized carbons (Fsp3) is 0.750. The molecule has 2 aliphatic carbocycles. The Balaban J connectivity index is 1.42. The Kier molecular flexibility index (Phi) is 5.43. The van der Waals surface area contributed by atoms with Crippen molar-refractivity contribution in [3.63, 3.8) is 0 Å². The molecule has 0 saturated heterocycles. The third-order valence-corrected chi connectivity index (χ3v) is 6.05. The number of hydrogen-bond donors (Lipinski definition) is 2. The third-order valence-electron chi connectivity index (χ3n) is 5.09. The van der Waals surface area contributed by atoms with E-state index < -0.39 is 6.03 Å². The zero-order chi connectivity index (χ0) is 17.1. The first-order chi connectivity index (χ1) is 11.5. The standard InChI is InChI=1S/C16H25N5O2S/c1-10-4-3-5-13(11(10)2)18-15(23)19-14(22)8-24-16-20-17-9-21(16)12-6-7-12/h9-13H,3-8H2,1-2H3,(H2,18,19,22,23)/t10-,11-,13-/m1/s1. The maximum atomic E-state index is 12.0. The lowest BCUT2D eigenvalue weighted by atomic mass is 9.78. The van der Waals surface area contributed by atoms with E-state index in [1.54, 1.807) is 6.33 Å². The number of hydrogen-bond acceptors (Lipinski definition) is 5. The van der Waals surface area contributed by atoms with Crippen molar-refractivity contribution < 1.29 is 9.59 Å². The first kappa shape index (κ1) is 17.3. The predicted molar refractivity (Wildman–Crippen MR) is 91.7 cm³/mol. The summed E-state index contributed by atoms with van der Waals surface area (Å²) in [5.74, 6) is 0.893. The summed E-state index contributed by atoms with van der Waals surface area (Å²) in [5.41, 5.74) is 0. The number of thioether (sulfide) groups is 1. The highest BCUT2D eigenvalue weighted by Crippen LogP contribution is 2.37. The van der Waals surface area contributed by atoms with Gasteiger partial charge in [-0.25, -0.2) is 4.79 Å². The van der Waals surface area contributed by atoms with E-state index in [1.165, 1.54) is 18.2 Å². The molecule has 1 heterocycles. The highest BCUT2D eigenvalue weighted by molar-refractivity contribution is 7.99. The summed E-state index contributed by atoms with van der Waals surface area (Å²) in [6.45, 7) is 4.38. The van der Waals surface area contributed by atoms with Gasteiger partial charge in [-0.15, -0.1) is 10.2 Å². The van der Waals surface area contributed by atoms with Gasteiger partial charge in [0.05, 0.1) is 5.75 Å². The minimum Gasteiger partial charge on any atom is -0.335 e. The van der Waals surface area contributed by atoms with Crippen LogP contribution in [0, 0.1) is 11.8 Å². The molecule has 2 N–H and O–H groups in total. The number of amides is 3. The number of aromatic nitrogens is 3. The van der Waals surface area contributed by atoms with Crippen molar-refractivity contribution in [2.75, 3.05) is 5.75 Å². The summed E-state index contributed by atoms with van der Waals surface area (Å²) in [7, 11) is 0. The molecule has 8 heteroatoms. The zero-order valence-electron chi connectivity index (χ0n) is 14.2. The Morgan fingerprint density at radius 1 is 1.29 bits per heavy atom. The molecule has 0 spiro atoms. The molecule has 0 bridgehead atoms. The summed E-state index contributed by atoms with van der Waals surface area (Å²) < 4.78 is 2.00. The van der Waals surface area contributed by atoms with Gasteiger partial charge in [0.25, 0.3) is 0 Å². The quantitative estimate of drug-likeness (QED) is 0.795. The number of nitrogens with one attached hydrogen (secondary N) is 2. The van der Waals surface area contributed by atoms with E-state index in [0.29, 0.717) is 17.9 Å². The van der Waals surface area contributed by atoms with Crippen LogP contribution in [0.25, 0.3) is 0 Å². The van der Waals surface area contributed by atoms with E-state index in [0.717, 1.165) is 30.8 Å². The van der Waals surface area contributed by atoms with Gasteiger partial charge in [-0.1, -0.05) is 38.5 Å². The second kappa shape index (κ2) is 7.55. The molecule has 0 radical (unpaired) electrons. The van der Waals surface area contributed by atoms with Gasteiger partial charge in [-0.05, 0) is 31.1 Å². The van der Waals surface area contributed by atoms with E-state index in [9.17, 15) is 9.59 Å². The smallest absolute Gasteiger partial charge is 0.321 e. The lowest BCUT2D eigenvalue weighted by Crippen LogP contribution is -2.49. The zero-order valence-corrected chi connectivity index (χ0v) is 15.0. The Bertz CT molecular complexity index is 601. The van der Waals surface area contributed by atoms with Crippen molar-refractivity contribution in [2.45, 2.75) is 63.2 Å². The first-order valence-corrected chi connectivity index (χ1v) is 9.66. The van der Waals surface area contributed by atoms with Crippen molar-refractivity contribution >= 4 is 23.7 Å². The summed E-state index contributed by atoms with van der Waals surface area (Å²) in [6.07, 6.45) is 7.29. The molecule has 0 unspecified atom stereocenters. The monoisotopic (exact) mass is 351 g/mol. The van der Waals surface area contributed by atoms with Gasteiger partial charge in [0, 0.05) is 12.1 Å². The van der Waals surface area contributed by atoms with Crippen LogP contribution >= 0.6 is 11.8 Å². The molecule has 1 aromatic heterocycles. The SMILES string of the molecule is C[C@@H]1[C@H](C)CCC[C@H]1NC(=O)NC(=O)CSc1nncn1C1CC1. The lowest BCUT2D eigenvalue weighted by molar-refractivity contribution is -0.117. The average Bonchev–Trinajstić information content (AvgIpc) is 3.28. The molecule has 3 amide bonds. The molecule has 24 heavy (non-hydrogen) atoms. The number of nitrogens with zero attached hydrogens (tertiary/aromatic N) is 3. The molecule has 2 saturated carbocycles. The molecular formula is C16H25N5O2S. The van der Waals surface area contributed by atoms with Gasteiger partial charge in [-0.3, -0.25) is 10.1 Å². The minimum absolute atomic E-state index is 0.146. The topological polar surface area (TPSA) is 88.9 Å². The number of rotatable bonds is 5. The number of carbonyl (C=O) groups is 2. The van der Waals surface area contributed by atoms with Crippen LogP contribution < -0.4 is 10.6 Å². The predicted octanol–water partition coefficient (Wildman–Crippen LogP) is 2.36. The second-order valence-corrected chi connectivity index (χ2v) is 7.88. The minimum atomic E-state index is -0.393. The molecular weight excluding hydrogens is 326 g/mol. The van der Waals surface area contributed by atoms with Crippen LogP contribution in [-0.2, 0) is 4.79 Å². The second-order valence-electron chi connectivity index (χ2n) is 6.94. The first-order valence-electron chi connectivity index (χ1n) is 8.67. The van der Waals surface area contributed by atoms with Gasteiger partial charge in [0.2, 0.25) is 5.91 Å². The van der Waals surface area contributed by atoms with Crippen LogP contribution in [-0.4, -0.2) is 38.5 Å². The van der Waals surface area contributed by atoms with E-state index in [2.05, 4.69) is 34.7 Å². The van der Waals surface area contributed by atoms with Gasteiger partial charge in [0.15, 0.2) is 5.16 Å². The van der Waals surface area contributed by atoms with Crippen LogP contribution in [0.2, 0.25) is 0 Å². The van der Waals surface area contributed by atoms with Crippen molar-refractivity contribution in [1.29, 1.82) is 0 Å². The lowest BCUT2D eigenvalue weighted by Gasteiger charge is -2.34. The van der Waals surface area contributed by atoms with Crippen molar-refractivity contribution in [3.05, 3.63) is 6.33 Å². The van der Waals surface area contributed by atoms with E-state index >= 15 is 0 Å². The maximum absolute atomic E-state index is 12.0. The van der Waals surface area contributed by atoms with Gasteiger partial charge in [-0.2, -0.15) is 0 Å². The van der Waals surface area contributed by atoms with Crippen LogP contribution in [0.4, 0.5) is 4.79 Å². The van der Waals surface area contributed by atoms with Crippen LogP contribution in [0.5, 0.6) is 0 Å². The highest BCUT2D eigenvalue weighted by atomic mass is 32.2. The normalized spacial score (nSPS) is 26.8.